The summed E-state index contributed by atoms with van der Waals surface area (Å²) in [5.41, 5.74) is 2.34. The predicted molar refractivity (Wildman–Crippen MR) is 93.9 cm³/mol. The van der Waals surface area contributed by atoms with Crippen molar-refractivity contribution in [1.29, 1.82) is 0 Å². The number of benzene rings is 1. The summed E-state index contributed by atoms with van der Waals surface area (Å²) < 4.78 is 0. The molecule has 0 atom stereocenters. The Morgan fingerprint density at radius 3 is 2.50 bits per heavy atom. The van der Waals surface area contributed by atoms with E-state index in [1.165, 1.54) is 24.9 Å². The maximum Gasteiger partial charge on any atom is 0.317 e. The predicted octanol–water partition coefficient (Wildman–Crippen LogP) is 1.71. The van der Waals surface area contributed by atoms with Gasteiger partial charge in [-0.15, -0.1) is 0 Å². The summed E-state index contributed by atoms with van der Waals surface area (Å²) in [6.45, 7) is 4.22. The Balaban J connectivity index is 1.45. The van der Waals surface area contributed by atoms with E-state index in [2.05, 4.69) is 39.8 Å². The lowest BCUT2D eigenvalue weighted by Gasteiger charge is -2.29. The Morgan fingerprint density at radius 2 is 1.79 bits per heavy atom. The summed E-state index contributed by atoms with van der Waals surface area (Å²) >= 11 is 0. The third-order valence-electron chi connectivity index (χ3n) is 4.65. The van der Waals surface area contributed by atoms with Crippen LogP contribution in [0.2, 0.25) is 0 Å². The van der Waals surface area contributed by atoms with Gasteiger partial charge in [-0.05, 0) is 43.4 Å². The van der Waals surface area contributed by atoms with Gasteiger partial charge in [-0.25, -0.2) is 4.79 Å². The molecule has 6 heteroatoms. The molecule has 2 N–H and O–H groups in total. The number of carbonyl (C=O) groups is 2. The summed E-state index contributed by atoms with van der Waals surface area (Å²) in [5, 5.41) is 5.64. The summed E-state index contributed by atoms with van der Waals surface area (Å²) in [6.07, 6.45) is 4.75. The van der Waals surface area contributed by atoms with Crippen LogP contribution >= 0.6 is 0 Å². The number of hydrogen-bond acceptors (Lipinski definition) is 3. The second-order valence-corrected chi connectivity index (χ2v) is 6.50. The van der Waals surface area contributed by atoms with Crippen molar-refractivity contribution in [3.63, 3.8) is 0 Å². The van der Waals surface area contributed by atoms with Crippen LogP contribution < -0.4 is 15.5 Å². The fourth-order valence-corrected chi connectivity index (χ4v) is 3.24. The van der Waals surface area contributed by atoms with Crippen molar-refractivity contribution in [2.45, 2.75) is 32.2 Å². The van der Waals surface area contributed by atoms with Gasteiger partial charge in [0, 0.05) is 38.4 Å². The van der Waals surface area contributed by atoms with Crippen molar-refractivity contribution in [3.05, 3.63) is 29.8 Å². The Bertz CT molecular complexity index is 567. The fourth-order valence-electron chi connectivity index (χ4n) is 3.24. The van der Waals surface area contributed by atoms with E-state index < -0.39 is 0 Å². The third-order valence-corrected chi connectivity index (χ3v) is 4.65. The molecular formula is C18H26N4O2. The molecule has 0 radical (unpaired) electrons. The number of nitrogens with zero attached hydrogens (tertiary/aromatic N) is 2. The number of amides is 3. The molecule has 3 amide bonds. The average Bonchev–Trinajstić information content (AvgIpc) is 2.63. The summed E-state index contributed by atoms with van der Waals surface area (Å²) in [7, 11) is 0. The lowest BCUT2D eigenvalue weighted by molar-refractivity contribution is -0.121. The lowest BCUT2D eigenvalue weighted by Crippen LogP contribution is -2.50. The highest BCUT2D eigenvalue weighted by Gasteiger charge is 2.19. The topological polar surface area (TPSA) is 64.7 Å². The molecule has 24 heavy (non-hydrogen) atoms. The number of anilines is 1. The van der Waals surface area contributed by atoms with Crippen molar-refractivity contribution in [1.82, 2.24) is 15.5 Å². The van der Waals surface area contributed by atoms with Crippen molar-refractivity contribution >= 4 is 17.6 Å². The van der Waals surface area contributed by atoms with Crippen molar-refractivity contribution in [3.8, 4) is 0 Å². The first-order chi connectivity index (χ1) is 11.7. The normalized spacial score (nSPS) is 18.2. The van der Waals surface area contributed by atoms with Gasteiger partial charge < -0.3 is 20.4 Å². The van der Waals surface area contributed by atoms with Crippen LogP contribution in [-0.2, 0) is 11.3 Å². The van der Waals surface area contributed by atoms with Crippen molar-refractivity contribution in [2.75, 3.05) is 37.6 Å². The molecule has 0 unspecified atom stereocenters. The van der Waals surface area contributed by atoms with Crippen molar-refractivity contribution in [2.24, 2.45) is 0 Å². The Morgan fingerprint density at radius 1 is 1.04 bits per heavy atom. The largest absolute Gasteiger partial charge is 0.372 e. The number of piperidine rings is 1. The van der Waals surface area contributed by atoms with Crippen LogP contribution in [0.3, 0.4) is 0 Å². The van der Waals surface area contributed by atoms with E-state index in [-0.39, 0.29) is 18.5 Å². The molecule has 3 rings (SSSR count). The minimum absolute atomic E-state index is 0.118. The highest BCUT2D eigenvalue weighted by atomic mass is 16.2. The van der Waals surface area contributed by atoms with Gasteiger partial charge in [0.25, 0.3) is 0 Å². The number of carbonyl (C=O) groups excluding carboxylic acids is 2. The minimum atomic E-state index is -0.151. The first-order valence-corrected chi connectivity index (χ1v) is 8.86. The summed E-state index contributed by atoms with van der Waals surface area (Å²) in [4.78, 5) is 27.6. The monoisotopic (exact) mass is 330 g/mol. The molecule has 130 valence electrons. The lowest BCUT2D eigenvalue weighted by atomic mass is 10.1. The van der Waals surface area contributed by atoms with Crippen LogP contribution in [-0.4, -0.2) is 49.6 Å². The molecule has 2 heterocycles. The van der Waals surface area contributed by atoms with Crippen LogP contribution in [0.5, 0.6) is 0 Å². The molecule has 0 aromatic heterocycles. The first-order valence-electron chi connectivity index (χ1n) is 8.86. The van der Waals surface area contributed by atoms with Gasteiger partial charge in [-0.2, -0.15) is 0 Å². The van der Waals surface area contributed by atoms with Crippen LogP contribution in [0.25, 0.3) is 0 Å². The van der Waals surface area contributed by atoms with Crippen molar-refractivity contribution < 1.29 is 9.59 Å². The Labute approximate surface area is 143 Å². The zero-order chi connectivity index (χ0) is 16.8. The zero-order valence-electron chi connectivity index (χ0n) is 14.1. The van der Waals surface area contributed by atoms with E-state index in [0.29, 0.717) is 19.6 Å². The van der Waals surface area contributed by atoms with E-state index in [1.54, 1.807) is 4.90 Å². The third kappa shape index (κ3) is 4.40. The van der Waals surface area contributed by atoms with Crippen LogP contribution in [0, 0.1) is 0 Å². The molecule has 2 saturated heterocycles. The first kappa shape index (κ1) is 16.6. The quantitative estimate of drug-likeness (QED) is 0.864. The molecule has 0 bridgehead atoms. The van der Waals surface area contributed by atoms with E-state index in [4.69, 9.17) is 0 Å². The van der Waals surface area contributed by atoms with E-state index in [1.807, 2.05) is 0 Å². The van der Waals surface area contributed by atoms with E-state index in [9.17, 15) is 9.59 Å². The van der Waals surface area contributed by atoms with E-state index in [0.717, 1.165) is 25.1 Å². The smallest absolute Gasteiger partial charge is 0.317 e. The zero-order valence-corrected chi connectivity index (χ0v) is 14.1. The van der Waals surface area contributed by atoms with Gasteiger partial charge >= 0.3 is 6.03 Å². The SMILES string of the molecule is O=C(CN1CCCNC1=O)NCc1ccc(N2CCCCC2)cc1. The van der Waals surface area contributed by atoms with Crippen LogP contribution in [0.15, 0.2) is 24.3 Å². The fraction of sp³-hybridized carbons (Fsp3) is 0.556. The van der Waals surface area contributed by atoms with Crippen LogP contribution in [0.4, 0.5) is 10.5 Å². The molecular weight excluding hydrogens is 304 g/mol. The van der Waals surface area contributed by atoms with Crippen LogP contribution in [0.1, 0.15) is 31.2 Å². The summed E-state index contributed by atoms with van der Waals surface area (Å²) in [5.74, 6) is -0.118. The van der Waals surface area contributed by atoms with E-state index >= 15 is 0 Å². The van der Waals surface area contributed by atoms with Gasteiger partial charge in [-0.1, -0.05) is 12.1 Å². The van der Waals surface area contributed by atoms with Gasteiger partial charge in [0.2, 0.25) is 5.91 Å². The maximum absolute atomic E-state index is 12.0. The molecule has 0 aliphatic carbocycles. The average molecular weight is 330 g/mol. The number of rotatable bonds is 5. The number of hydrogen-bond donors (Lipinski definition) is 2. The molecule has 2 aliphatic rings. The molecule has 6 nitrogen and oxygen atoms in total. The second-order valence-electron chi connectivity index (χ2n) is 6.50. The number of nitrogens with one attached hydrogen (secondary N) is 2. The highest BCUT2D eigenvalue weighted by Crippen LogP contribution is 2.20. The van der Waals surface area contributed by atoms with Gasteiger partial charge in [0.1, 0.15) is 6.54 Å². The highest BCUT2D eigenvalue weighted by molar-refractivity contribution is 5.84. The maximum atomic E-state index is 12.0. The van der Waals surface area contributed by atoms with Gasteiger partial charge in [0.05, 0.1) is 0 Å². The minimum Gasteiger partial charge on any atom is -0.372 e. The van der Waals surface area contributed by atoms with Gasteiger partial charge in [0.15, 0.2) is 0 Å². The molecule has 2 fully saturated rings. The molecule has 2 aliphatic heterocycles. The Hall–Kier alpha value is -2.24. The molecule has 1 aromatic carbocycles. The Kier molecular flexibility index (Phi) is 5.56. The molecule has 0 spiro atoms. The standard InChI is InChI=1S/C18H26N4O2/c23-17(14-22-12-4-9-19-18(22)24)20-13-15-5-7-16(8-6-15)21-10-2-1-3-11-21/h5-8H,1-4,9-14H2,(H,19,24)(H,20,23). The molecule has 1 aromatic rings. The summed E-state index contributed by atoms with van der Waals surface area (Å²) in [6, 6.07) is 8.24. The number of urea groups is 1. The second kappa shape index (κ2) is 8.04. The van der Waals surface area contributed by atoms with Gasteiger partial charge in [-0.3, -0.25) is 4.79 Å². The molecule has 0 saturated carbocycles.